The highest BCUT2D eigenvalue weighted by Gasteiger charge is 2.22. The van der Waals surface area contributed by atoms with Crippen molar-refractivity contribution in [3.8, 4) is 0 Å². The lowest BCUT2D eigenvalue weighted by molar-refractivity contribution is -0.122. The Morgan fingerprint density at radius 2 is 2.00 bits per heavy atom. The van der Waals surface area contributed by atoms with E-state index < -0.39 is 0 Å². The number of nitrogens with two attached hydrogens (primary N) is 1. The zero-order valence-electron chi connectivity index (χ0n) is 12.8. The summed E-state index contributed by atoms with van der Waals surface area (Å²) >= 11 is 0. The van der Waals surface area contributed by atoms with Crippen molar-refractivity contribution < 1.29 is 4.79 Å². The van der Waals surface area contributed by atoms with Crippen molar-refractivity contribution >= 4 is 5.91 Å². The summed E-state index contributed by atoms with van der Waals surface area (Å²) < 4.78 is 0. The van der Waals surface area contributed by atoms with Crippen molar-refractivity contribution in [3.05, 3.63) is 35.9 Å². The van der Waals surface area contributed by atoms with Gasteiger partial charge in [0.1, 0.15) is 0 Å². The molecule has 4 N–H and O–H groups in total. The van der Waals surface area contributed by atoms with Gasteiger partial charge in [-0.05, 0) is 43.3 Å². The number of hydrogen-bond donors (Lipinski definition) is 3. The first kappa shape index (κ1) is 16.0. The number of nitrogens with one attached hydrogen (secondary N) is 2. The number of benzene rings is 1. The first-order valence-electron chi connectivity index (χ1n) is 7.94. The van der Waals surface area contributed by atoms with Crippen molar-refractivity contribution in [1.82, 2.24) is 10.6 Å². The number of amides is 1. The maximum absolute atomic E-state index is 12.0. The van der Waals surface area contributed by atoms with Crippen molar-refractivity contribution in [1.29, 1.82) is 0 Å². The SMILES string of the molecule is CC(CC(=O)NCC(N)c1ccccc1)C1CCNCC1. The average Bonchev–Trinajstić information content (AvgIpc) is 2.54. The minimum atomic E-state index is -0.135. The van der Waals surface area contributed by atoms with Crippen molar-refractivity contribution in [3.63, 3.8) is 0 Å². The quantitative estimate of drug-likeness (QED) is 0.748. The molecule has 4 nitrogen and oxygen atoms in total. The topological polar surface area (TPSA) is 67.2 Å². The van der Waals surface area contributed by atoms with E-state index in [4.69, 9.17) is 5.73 Å². The first-order valence-corrected chi connectivity index (χ1v) is 7.94. The molecule has 4 heteroatoms. The van der Waals surface area contributed by atoms with Crippen molar-refractivity contribution in [2.75, 3.05) is 19.6 Å². The molecule has 1 fully saturated rings. The van der Waals surface area contributed by atoms with E-state index in [-0.39, 0.29) is 11.9 Å². The molecule has 1 aliphatic rings. The van der Waals surface area contributed by atoms with Gasteiger partial charge in [-0.3, -0.25) is 4.79 Å². The van der Waals surface area contributed by atoms with Crippen molar-refractivity contribution in [2.45, 2.75) is 32.2 Å². The monoisotopic (exact) mass is 289 g/mol. The fourth-order valence-corrected chi connectivity index (χ4v) is 2.99. The summed E-state index contributed by atoms with van der Waals surface area (Å²) in [6.45, 7) is 4.85. The van der Waals surface area contributed by atoms with Crippen LogP contribution in [0.1, 0.15) is 37.8 Å². The molecule has 2 atom stereocenters. The van der Waals surface area contributed by atoms with Crippen molar-refractivity contribution in [2.24, 2.45) is 17.6 Å². The van der Waals surface area contributed by atoms with Gasteiger partial charge < -0.3 is 16.4 Å². The van der Waals surface area contributed by atoms with Gasteiger partial charge >= 0.3 is 0 Å². The number of rotatable bonds is 6. The van der Waals surface area contributed by atoms with E-state index in [1.54, 1.807) is 0 Å². The standard InChI is InChI=1S/C17H27N3O/c1-13(14-7-9-19-10-8-14)11-17(21)20-12-16(18)15-5-3-2-4-6-15/h2-6,13-14,16,19H,7-12,18H2,1H3,(H,20,21). The molecule has 0 spiro atoms. The molecule has 21 heavy (non-hydrogen) atoms. The van der Waals surface area contributed by atoms with Crippen LogP contribution in [0.2, 0.25) is 0 Å². The van der Waals surface area contributed by atoms with E-state index in [0.717, 1.165) is 18.7 Å². The molecule has 1 heterocycles. The van der Waals surface area contributed by atoms with Gasteiger partial charge in [0, 0.05) is 19.0 Å². The molecule has 0 aliphatic carbocycles. The Kier molecular flexibility index (Phi) is 6.21. The van der Waals surface area contributed by atoms with Gasteiger partial charge in [0.25, 0.3) is 0 Å². The molecule has 1 saturated heterocycles. The molecule has 1 aliphatic heterocycles. The van der Waals surface area contributed by atoms with Crippen LogP contribution in [0.5, 0.6) is 0 Å². The van der Waals surface area contributed by atoms with Crippen LogP contribution >= 0.6 is 0 Å². The largest absolute Gasteiger partial charge is 0.354 e. The van der Waals surface area contributed by atoms with Crippen LogP contribution in [0.25, 0.3) is 0 Å². The van der Waals surface area contributed by atoms with Gasteiger partial charge in [-0.1, -0.05) is 37.3 Å². The Morgan fingerprint density at radius 1 is 1.33 bits per heavy atom. The molecule has 0 saturated carbocycles. The summed E-state index contributed by atoms with van der Waals surface area (Å²) in [4.78, 5) is 12.0. The third-order valence-electron chi connectivity index (χ3n) is 4.44. The molecule has 1 amide bonds. The molecular formula is C17H27N3O. The van der Waals surface area contributed by atoms with E-state index in [9.17, 15) is 4.79 Å². The Bertz CT molecular complexity index is 429. The lowest BCUT2D eigenvalue weighted by atomic mass is 9.84. The zero-order valence-corrected chi connectivity index (χ0v) is 12.8. The van der Waals surface area contributed by atoms with Crippen LogP contribution in [0.4, 0.5) is 0 Å². The maximum Gasteiger partial charge on any atom is 0.220 e. The minimum Gasteiger partial charge on any atom is -0.354 e. The predicted molar refractivity (Wildman–Crippen MR) is 85.8 cm³/mol. The lowest BCUT2D eigenvalue weighted by Crippen LogP contribution is -2.35. The lowest BCUT2D eigenvalue weighted by Gasteiger charge is -2.28. The van der Waals surface area contributed by atoms with Crippen LogP contribution in [0.3, 0.4) is 0 Å². The van der Waals surface area contributed by atoms with E-state index in [0.29, 0.717) is 24.8 Å². The first-order chi connectivity index (χ1) is 10.2. The second-order valence-electron chi connectivity index (χ2n) is 6.09. The van der Waals surface area contributed by atoms with E-state index in [1.807, 2.05) is 30.3 Å². The molecule has 1 aromatic carbocycles. The highest BCUT2D eigenvalue weighted by Crippen LogP contribution is 2.24. The summed E-state index contributed by atoms with van der Waals surface area (Å²) in [5, 5.41) is 6.34. The second kappa shape index (κ2) is 8.15. The van der Waals surface area contributed by atoms with E-state index in [2.05, 4.69) is 17.6 Å². The normalized spacial score (nSPS) is 19.0. The van der Waals surface area contributed by atoms with Crippen LogP contribution < -0.4 is 16.4 Å². The smallest absolute Gasteiger partial charge is 0.220 e. The highest BCUT2D eigenvalue weighted by atomic mass is 16.1. The zero-order chi connectivity index (χ0) is 15.1. The fraction of sp³-hybridized carbons (Fsp3) is 0.588. The molecular weight excluding hydrogens is 262 g/mol. The van der Waals surface area contributed by atoms with E-state index in [1.165, 1.54) is 12.8 Å². The molecule has 0 aromatic heterocycles. The summed E-state index contributed by atoms with van der Waals surface area (Å²) in [5.74, 6) is 1.23. The van der Waals surface area contributed by atoms with Crippen LogP contribution in [-0.4, -0.2) is 25.5 Å². The number of carbonyl (C=O) groups is 1. The third kappa shape index (κ3) is 5.14. The Morgan fingerprint density at radius 3 is 2.67 bits per heavy atom. The minimum absolute atomic E-state index is 0.118. The van der Waals surface area contributed by atoms with Crippen LogP contribution in [0, 0.1) is 11.8 Å². The molecule has 2 unspecified atom stereocenters. The molecule has 2 rings (SSSR count). The third-order valence-corrected chi connectivity index (χ3v) is 4.44. The Hall–Kier alpha value is -1.39. The van der Waals surface area contributed by atoms with Gasteiger partial charge in [0.15, 0.2) is 0 Å². The van der Waals surface area contributed by atoms with Gasteiger partial charge in [-0.2, -0.15) is 0 Å². The molecule has 116 valence electrons. The molecule has 0 radical (unpaired) electrons. The second-order valence-corrected chi connectivity index (χ2v) is 6.09. The summed E-state index contributed by atoms with van der Waals surface area (Å²) in [6.07, 6.45) is 2.96. The fourth-order valence-electron chi connectivity index (χ4n) is 2.99. The predicted octanol–water partition coefficient (Wildman–Crippen LogP) is 1.83. The van der Waals surface area contributed by atoms with E-state index >= 15 is 0 Å². The molecule has 0 bridgehead atoms. The average molecular weight is 289 g/mol. The summed E-state index contributed by atoms with van der Waals surface area (Å²) in [7, 11) is 0. The van der Waals surface area contributed by atoms with Crippen LogP contribution in [-0.2, 0) is 4.79 Å². The van der Waals surface area contributed by atoms with Gasteiger partial charge in [-0.15, -0.1) is 0 Å². The summed E-state index contributed by atoms with van der Waals surface area (Å²) in [5.41, 5.74) is 7.15. The maximum atomic E-state index is 12.0. The highest BCUT2D eigenvalue weighted by molar-refractivity contribution is 5.76. The number of carbonyl (C=O) groups excluding carboxylic acids is 1. The van der Waals surface area contributed by atoms with Crippen LogP contribution in [0.15, 0.2) is 30.3 Å². The van der Waals surface area contributed by atoms with Gasteiger partial charge in [0.2, 0.25) is 5.91 Å². The number of hydrogen-bond acceptors (Lipinski definition) is 3. The number of piperidine rings is 1. The van der Waals surface area contributed by atoms with Gasteiger partial charge in [-0.25, -0.2) is 0 Å². The van der Waals surface area contributed by atoms with Gasteiger partial charge in [0.05, 0.1) is 0 Å². The molecule has 1 aromatic rings. The Balaban J connectivity index is 1.71. The summed E-state index contributed by atoms with van der Waals surface area (Å²) in [6, 6.07) is 9.76. The Labute approximate surface area is 127 Å².